The number of amides is 1. The average molecular weight is 292 g/mol. The van der Waals surface area contributed by atoms with Crippen LogP contribution in [0.2, 0.25) is 0 Å². The molecule has 1 aromatic rings. The summed E-state index contributed by atoms with van der Waals surface area (Å²) in [6.07, 6.45) is 2.76. The molecule has 1 aliphatic heterocycles. The van der Waals surface area contributed by atoms with Gasteiger partial charge in [0, 0.05) is 24.1 Å². The minimum Gasteiger partial charge on any atom is -0.497 e. The zero-order chi connectivity index (χ0) is 15.2. The Morgan fingerprint density at radius 1 is 1.43 bits per heavy atom. The maximum Gasteiger partial charge on any atom is 0.222 e. The molecule has 1 aromatic carbocycles. The molecule has 1 amide bonds. The van der Waals surface area contributed by atoms with Crippen LogP contribution in [-0.2, 0) is 4.79 Å². The molecule has 1 saturated heterocycles. The van der Waals surface area contributed by atoms with E-state index in [9.17, 15) is 4.79 Å². The SMILES string of the molecule is COc1ccc(C(C)NC(=O)CC2CCCN2)c(OC)c1. The number of hydrogen-bond acceptors (Lipinski definition) is 4. The summed E-state index contributed by atoms with van der Waals surface area (Å²) in [7, 11) is 3.24. The molecule has 2 N–H and O–H groups in total. The number of methoxy groups -OCH3 is 2. The Hall–Kier alpha value is -1.75. The number of nitrogens with one attached hydrogen (secondary N) is 2. The summed E-state index contributed by atoms with van der Waals surface area (Å²) in [5.41, 5.74) is 0.950. The van der Waals surface area contributed by atoms with Crippen molar-refractivity contribution in [2.45, 2.75) is 38.3 Å². The molecule has 0 aromatic heterocycles. The van der Waals surface area contributed by atoms with Gasteiger partial charge >= 0.3 is 0 Å². The molecule has 1 fully saturated rings. The van der Waals surface area contributed by atoms with Gasteiger partial charge in [0.15, 0.2) is 0 Å². The number of rotatable bonds is 6. The van der Waals surface area contributed by atoms with Crippen molar-refractivity contribution in [3.05, 3.63) is 23.8 Å². The third kappa shape index (κ3) is 4.11. The van der Waals surface area contributed by atoms with Gasteiger partial charge in [0.1, 0.15) is 11.5 Å². The first-order valence-electron chi connectivity index (χ1n) is 7.38. The molecule has 0 aliphatic carbocycles. The summed E-state index contributed by atoms with van der Waals surface area (Å²) in [6, 6.07) is 5.85. The Morgan fingerprint density at radius 2 is 2.24 bits per heavy atom. The summed E-state index contributed by atoms with van der Waals surface area (Å²) in [4.78, 5) is 12.1. The average Bonchev–Trinajstić information content (AvgIpc) is 2.99. The second-order valence-electron chi connectivity index (χ2n) is 5.39. The van der Waals surface area contributed by atoms with Crippen molar-refractivity contribution in [3.63, 3.8) is 0 Å². The van der Waals surface area contributed by atoms with Crippen molar-refractivity contribution < 1.29 is 14.3 Å². The number of ether oxygens (including phenoxy) is 2. The molecule has 5 heteroatoms. The monoisotopic (exact) mass is 292 g/mol. The number of hydrogen-bond donors (Lipinski definition) is 2. The van der Waals surface area contributed by atoms with E-state index in [0.717, 1.165) is 36.4 Å². The summed E-state index contributed by atoms with van der Waals surface area (Å²) in [5.74, 6) is 1.53. The summed E-state index contributed by atoms with van der Waals surface area (Å²) >= 11 is 0. The van der Waals surface area contributed by atoms with E-state index in [1.54, 1.807) is 14.2 Å². The maximum absolute atomic E-state index is 12.1. The normalized spacial score (nSPS) is 19.1. The molecular formula is C16H24N2O3. The first kappa shape index (κ1) is 15.6. The molecule has 5 nitrogen and oxygen atoms in total. The first-order chi connectivity index (χ1) is 10.1. The third-order valence-corrected chi connectivity index (χ3v) is 3.88. The van der Waals surface area contributed by atoms with E-state index in [-0.39, 0.29) is 11.9 Å². The molecular weight excluding hydrogens is 268 g/mol. The van der Waals surface area contributed by atoms with Crippen molar-refractivity contribution in [1.82, 2.24) is 10.6 Å². The number of carbonyl (C=O) groups is 1. The zero-order valence-corrected chi connectivity index (χ0v) is 12.9. The van der Waals surface area contributed by atoms with Crippen molar-refractivity contribution in [2.75, 3.05) is 20.8 Å². The molecule has 2 unspecified atom stereocenters. The Bertz CT molecular complexity index is 484. The van der Waals surface area contributed by atoms with Crippen molar-refractivity contribution >= 4 is 5.91 Å². The highest BCUT2D eigenvalue weighted by molar-refractivity contribution is 5.77. The van der Waals surface area contributed by atoms with E-state index in [2.05, 4.69) is 10.6 Å². The fourth-order valence-corrected chi connectivity index (χ4v) is 2.71. The summed E-state index contributed by atoms with van der Waals surface area (Å²) in [6.45, 7) is 2.98. The smallest absolute Gasteiger partial charge is 0.222 e. The minimum absolute atomic E-state index is 0.0692. The predicted molar refractivity (Wildman–Crippen MR) is 81.7 cm³/mol. The van der Waals surface area contributed by atoms with E-state index in [4.69, 9.17) is 9.47 Å². The lowest BCUT2D eigenvalue weighted by molar-refractivity contribution is -0.122. The molecule has 0 saturated carbocycles. The van der Waals surface area contributed by atoms with Gasteiger partial charge in [-0.3, -0.25) is 4.79 Å². The summed E-state index contributed by atoms with van der Waals surface area (Å²) < 4.78 is 10.6. The van der Waals surface area contributed by atoms with Crippen LogP contribution in [0, 0.1) is 0 Å². The van der Waals surface area contributed by atoms with Crippen LogP contribution < -0.4 is 20.1 Å². The number of benzene rings is 1. The lowest BCUT2D eigenvalue weighted by atomic mass is 10.1. The van der Waals surface area contributed by atoms with Gasteiger partial charge in [-0.1, -0.05) is 0 Å². The lowest BCUT2D eigenvalue weighted by Gasteiger charge is -2.19. The molecule has 0 bridgehead atoms. The van der Waals surface area contributed by atoms with Crippen LogP contribution in [0.25, 0.3) is 0 Å². The van der Waals surface area contributed by atoms with E-state index >= 15 is 0 Å². The molecule has 0 spiro atoms. The number of carbonyl (C=O) groups excluding carboxylic acids is 1. The second-order valence-corrected chi connectivity index (χ2v) is 5.39. The van der Waals surface area contributed by atoms with E-state index in [1.165, 1.54) is 0 Å². The minimum atomic E-state index is -0.0974. The van der Waals surface area contributed by atoms with Crippen molar-refractivity contribution in [2.24, 2.45) is 0 Å². The fourth-order valence-electron chi connectivity index (χ4n) is 2.71. The van der Waals surface area contributed by atoms with Crippen molar-refractivity contribution in [1.29, 1.82) is 0 Å². The molecule has 0 radical (unpaired) electrons. The van der Waals surface area contributed by atoms with Gasteiger partial charge in [-0.15, -0.1) is 0 Å². The quantitative estimate of drug-likeness (QED) is 0.842. The van der Waals surface area contributed by atoms with Crippen LogP contribution in [0.15, 0.2) is 18.2 Å². The summed E-state index contributed by atoms with van der Waals surface area (Å²) in [5, 5.41) is 6.37. The second kappa shape index (κ2) is 7.31. The van der Waals surface area contributed by atoms with Crippen molar-refractivity contribution in [3.8, 4) is 11.5 Å². The van der Waals surface area contributed by atoms with Gasteiger partial charge in [-0.25, -0.2) is 0 Å². The fraction of sp³-hybridized carbons (Fsp3) is 0.562. The Balaban J connectivity index is 1.98. The van der Waals surface area contributed by atoms with Gasteiger partial charge < -0.3 is 20.1 Å². The van der Waals surface area contributed by atoms with Gasteiger partial charge in [-0.2, -0.15) is 0 Å². The first-order valence-corrected chi connectivity index (χ1v) is 7.38. The third-order valence-electron chi connectivity index (χ3n) is 3.88. The van der Waals surface area contributed by atoms with Crippen LogP contribution in [-0.4, -0.2) is 32.7 Å². The Labute approximate surface area is 126 Å². The van der Waals surface area contributed by atoms with E-state index in [1.807, 2.05) is 25.1 Å². The standard InChI is InChI=1S/C16H24N2O3/c1-11(18-16(19)9-12-5-4-8-17-12)14-7-6-13(20-2)10-15(14)21-3/h6-7,10-12,17H,4-5,8-9H2,1-3H3,(H,18,19). The molecule has 2 atom stereocenters. The van der Waals surface area contributed by atoms with E-state index < -0.39 is 0 Å². The molecule has 1 aliphatic rings. The van der Waals surface area contributed by atoms with Gasteiger partial charge in [-0.05, 0) is 38.4 Å². The molecule has 2 rings (SSSR count). The van der Waals surface area contributed by atoms with Gasteiger partial charge in [0.05, 0.1) is 20.3 Å². The van der Waals surface area contributed by atoms with Crippen LogP contribution >= 0.6 is 0 Å². The molecule has 21 heavy (non-hydrogen) atoms. The van der Waals surface area contributed by atoms with Crippen LogP contribution in [0.1, 0.15) is 37.8 Å². The predicted octanol–water partition coefficient (Wildman–Crippen LogP) is 2.02. The topological polar surface area (TPSA) is 59.6 Å². The highest BCUT2D eigenvalue weighted by Gasteiger charge is 2.20. The molecule has 1 heterocycles. The largest absolute Gasteiger partial charge is 0.497 e. The van der Waals surface area contributed by atoms with Gasteiger partial charge in [0.25, 0.3) is 0 Å². The zero-order valence-electron chi connectivity index (χ0n) is 12.9. The Morgan fingerprint density at radius 3 is 2.86 bits per heavy atom. The lowest BCUT2D eigenvalue weighted by Crippen LogP contribution is -2.33. The maximum atomic E-state index is 12.1. The van der Waals surface area contributed by atoms with Crippen LogP contribution in [0.4, 0.5) is 0 Å². The Kier molecular flexibility index (Phi) is 5.44. The van der Waals surface area contributed by atoms with Gasteiger partial charge in [0.2, 0.25) is 5.91 Å². The van der Waals surface area contributed by atoms with Crippen LogP contribution in [0.3, 0.4) is 0 Å². The van der Waals surface area contributed by atoms with E-state index in [0.29, 0.717) is 12.5 Å². The highest BCUT2D eigenvalue weighted by Crippen LogP contribution is 2.29. The van der Waals surface area contributed by atoms with Crippen LogP contribution in [0.5, 0.6) is 11.5 Å². The highest BCUT2D eigenvalue weighted by atomic mass is 16.5. The molecule has 116 valence electrons.